The van der Waals surface area contributed by atoms with E-state index >= 15 is 0 Å². The van der Waals surface area contributed by atoms with Crippen molar-refractivity contribution in [1.29, 1.82) is 0 Å². The molecule has 1 saturated heterocycles. The highest BCUT2D eigenvalue weighted by Crippen LogP contribution is 2.13. The van der Waals surface area contributed by atoms with E-state index in [4.69, 9.17) is 5.73 Å². The van der Waals surface area contributed by atoms with E-state index in [2.05, 4.69) is 0 Å². The molecule has 0 atom stereocenters. The second-order valence-corrected chi connectivity index (χ2v) is 2.37. The molecule has 0 bridgehead atoms. The van der Waals surface area contributed by atoms with Gasteiger partial charge in [0.15, 0.2) is 0 Å². The monoisotopic (exact) mass is 125 g/mol. The van der Waals surface area contributed by atoms with Crippen LogP contribution in [0.3, 0.4) is 0 Å². The van der Waals surface area contributed by atoms with E-state index in [1.807, 2.05) is 11.8 Å². The summed E-state index contributed by atoms with van der Waals surface area (Å²) in [4.78, 5) is 0. The Morgan fingerprint density at radius 3 is 1.83 bits per heavy atom. The largest absolute Gasteiger partial charge is 0.326 e. The normalized spacial score (nSPS) is 21.5. The molecule has 1 heterocycles. The molecule has 1 fully saturated rings. The zero-order valence-electron chi connectivity index (χ0n) is 3.39. The lowest BCUT2D eigenvalue weighted by Crippen LogP contribution is -2.33. The second-order valence-electron chi connectivity index (χ2n) is 1.30. The predicted molar refractivity (Wildman–Crippen MR) is 32.5 cm³/mol. The molecule has 0 amide bonds. The fourth-order valence-corrected chi connectivity index (χ4v) is 0.762. The van der Waals surface area contributed by atoms with Gasteiger partial charge in [0.05, 0.1) is 0 Å². The molecule has 0 spiro atoms. The van der Waals surface area contributed by atoms with Crippen LogP contribution in [0.15, 0.2) is 0 Å². The summed E-state index contributed by atoms with van der Waals surface area (Å²) < 4.78 is 0. The standard InChI is InChI=1S/C3H7NS.ClH/c4-3-1-5-2-3;/h3H,1-2,4H2;1H. The third-order valence-corrected chi connectivity index (χ3v) is 1.99. The zero-order valence-corrected chi connectivity index (χ0v) is 5.02. The maximum Gasteiger partial charge on any atom is 0.0222 e. The average molecular weight is 126 g/mol. The van der Waals surface area contributed by atoms with Crippen molar-refractivity contribution in [3.8, 4) is 0 Å². The lowest BCUT2D eigenvalue weighted by molar-refractivity contribution is 0.819. The Morgan fingerprint density at radius 1 is 1.50 bits per heavy atom. The predicted octanol–water partition coefficient (Wildman–Crippen LogP) is 0.482. The first-order valence-corrected chi connectivity index (χ1v) is 2.88. The summed E-state index contributed by atoms with van der Waals surface area (Å²) in [6.07, 6.45) is 0. The lowest BCUT2D eigenvalue weighted by atomic mass is 10.4. The highest BCUT2D eigenvalue weighted by Gasteiger charge is 2.10. The average Bonchev–Trinajstić information content (AvgIpc) is 1.30. The van der Waals surface area contributed by atoms with E-state index in [1.165, 1.54) is 11.5 Å². The third kappa shape index (κ3) is 1.37. The van der Waals surface area contributed by atoms with Crippen LogP contribution in [0, 0.1) is 0 Å². The quantitative estimate of drug-likeness (QED) is 0.510. The molecule has 0 unspecified atom stereocenters. The summed E-state index contributed by atoms with van der Waals surface area (Å²) in [6, 6.07) is 0.528. The fourth-order valence-electron chi connectivity index (χ4n) is 0.254. The van der Waals surface area contributed by atoms with Crippen LogP contribution in [-0.4, -0.2) is 17.5 Å². The molecule has 0 radical (unpaired) electrons. The molecule has 38 valence electrons. The van der Waals surface area contributed by atoms with Gasteiger partial charge in [0.25, 0.3) is 0 Å². The van der Waals surface area contributed by atoms with Crippen LogP contribution in [0.5, 0.6) is 0 Å². The lowest BCUT2D eigenvalue weighted by Gasteiger charge is -2.18. The minimum Gasteiger partial charge on any atom is -0.326 e. The zero-order chi connectivity index (χ0) is 3.70. The van der Waals surface area contributed by atoms with Gasteiger partial charge < -0.3 is 5.73 Å². The van der Waals surface area contributed by atoms with Gasteiger partial charge in [0.1, 0.15) is 0 Å². The van der Waals surface area contributed by atoms with E-state index in [1.54, 1.807) is 0 Å². The Balaban J connectivity index is 0.000000250. The number of rotatable bonds is 0. The Hall–Kier alpha value is 0.600. The van der Waals surface area contributed by atoms with Crippen LogP contribution >= 0.6 is 24.2 Å². The molecule has 3 heteroatoms. The van der Waals surface area contributed by atoms with E-state index in [9.17, 15) is 0 Å². The van der Waals surface area contributed by atoms with Gasteiger partial charge in [0, 0.05) is 17.5 Å². The van der Waals surface area contributed by atoms with Crippen LogP contribution in [0.2, 0.25) is 0 Å². The van der Waals surface area contributed by atoms with Crippen molar-refractivity contribution in [1.82, 2.24) is 0 Å². The number of nitrogens with two attached hydrogens (primary N) is 1. The van der Waals surface area contributed by atoms with E-state index < -0.39 is 0 Å². The highest BCUT2D eigenvalue weighted by atomic mass is 35.5. The molecule has 6 heavy (non-hydrogen) atoms. The first kappa shape index (κ1) is 6.60. The summed E-state index contributed by atoms with van der Waals surface area (Å²) in [5.41, 5.74) is 5.36. The van der Waals surface area contributed by atoms with Gasteiger partial charge >= 0.3 is 0 Å². The minimum atomic E-state index is 0. The first-order chi connectivity index (χ1) is 2.39. The summed E-state index contributed by atoms with van der Waals surface area (Å²) in [6.45, 7) is 0. The van der Waals surface area contributed by atoms with E-state index in [-0.39, 0.29) is 12.4 Å². The first-order valence-electron chi connectivity index (χ1n) is 1.73. The minimum absolute atomic E-state index is 0. The molecule has 0 aromatic rings. The summed E-state index contributed by atoms with van der Waals surface area (Å²) in [5.74, 6) is 2.36. The van der Waals surface area contributed by atoms with Crippen molar-refractivity contribution in [2.24, 2.45) is 5.73 Å². The maximum absolute atomic E-state index is 5.36. The van der Waals surface area contributed by atoms with Gasteiger partial charge in [-0.25, -0.2) is 0 Å². The van der Waals surface area contributed by atoms with Crippen molar-refractivity contribution < 1.29 is 0 Å². The number of hydrogen-bond donors (Lipinski definition) is 1. The Labute approximate surface area is 48.1 Å². The molecule has 1 rings (SSSR count). The van der Waals surface area contributed by atoms with Crippen LogP contribution in [0.25, 0.3) is 0 Å². The van der Waals surface area contributed by atoms with Gasteiger partial charge in [-0.15, -0.1) is 12.4 Å². The second kappa shape index (κ2) is 2.72. The maximum atomic E-state index is 5.36. The van der Waals surface area contributed by atoms with Crippen molar-refractivity contribution >= 4 is 24.2 Å². The van der Waals surface area contributed by atoms with Gasteiger partial charge in [-0.2, -0.15) is 11.8 Å². The van der Waals surface area contributed by atoms with Gasteiger partial charge in [-0.1, -0.05) is 0 Å². The molecule has 0 saturated carbocycles. The molecule has 0 aromatic heterocycles. The Bertz CT molecular complexity index is 37.8. The summed E-state index contributed by atoms with van der Waals surface area (Å²) >= 11 is 1.92. The Kier molecular flexibility index (Phi) is 2.99. The Morgan fingerprint density at radius 2 is 1.83 bits per heavy atom. The molecule has 1 aliphatic heterocycles. The van der Waals surface area contributed by atoms with E-state index in [0.717, 1.165) is 0 Å². The van der Waals surface area contributed by atoms with Gasteiger partial charge in [-0.3, -0.25) is 0 Å². The van der Waals surface area contributed by atoms with Gasteiger partial charge in [-0.05, 0) is 0 Å². The van der Waals surface area contributed by atoms with Crippen molar-refractivity contribution in [3.05, 3.63) is 0 Å². The molecule has 0 aliphatic carbocycles. The third-order valence-electron chi connectivity index (χ3n) is 0.664. The molecule has 2 N–H and O–H groups in total. The van der Waals surface area contributed by atoms with Crippen LogP contribution < -0.4 is 5.73 Å². The fraction of sp³-hybridized carbons (Fsp3) is 1.00. The number of hydrogen-bond acceptors (Lipinski definition) is 2. The van der Waals surface area contributed by atoms with Crippen LogP contribution in [-0.2, 0) is 0 Å². The highest BCUT2D eigenvalue weighted by molar-refractivity contribution is 8.00. The molecule has 1 nitrogen and oxygen atoms in total. The summed E-state index contributed by atoms with van der Waals surface area (Å²) in [7, 11) is 0. The smallest absolute Gasteiger partial charge is 0.0222 e. The molecular formula is C3H8ClNS. The van der Waals surface area contributed by atoms with Crippen LogP contribution in [0.1, 0.15) is 0 Å². The van der Waals surface area contributed by atoms with Crippen LogP contribution in [0.4, 0.5) is 0 Å². The van der Waals surface area contributed by atoms with Crippen molar-refractivity contribution in [3.63, 3.8) is 0 Å². The number of halogens is 1. The molecule has 1 aliphatic rings. The SMILES string of the molecule is Cl.NC1CSC1. The van der Waals surface area contributed by atoms with Crippen molar-refractivity contribution in [2.75, 3.05) is 11.5 Å². The van der Waals surface area contributed by atoms with Gasteiger partial charge in [0.2, 0.25) is 0 Å². The molecule has 0 aromatic carbocycles. The topological polar surface area (TPSA) is 26.0 Å². The number of thioether (sulfide) groups is 1. The van der Waals surface area contributed by atoms with Crippen molar-refractivity contribution in [2.45, 2.75) is 6.04 Å². The van der Waals surface area contributed by atoms with E-state index in [0.29, 0.717) is 6.04 Å². The molecular weight excluding hydrogens is 118 g/mol. The summed E-state index contributed by atoms with van der Waals surface area (Å²) in [5, 5.41) is 0.